The molecule has 0 saturated heterocycles. The number of ketones is 1. The highest BCUT2D eigenvalue weighted by Gasteiger charge is 2.37. The van der Waals surface area contributed by atoms with E-state index in [1.807, 2.05) is 0 Å². The molecule has 3 aromatic rings. The fourth-order valence-corrected chi connectivity index (χ4v) is 3.98. The van der Waals surface area contributed by atoms with E-state index in [0.29, 0.717) is 11.1 Å². The van der Waals surface area contributed by atoms with Gasteiger partial charge in [-0.2, -0.15) is 8.78 Å². The van der Waals surface area contributed by atoms with Gasteiger partial charge in [-0.25, -0.2) is 8.78 Å². The number of carboxylic acids is 1. The Morgan fingerprint density at radius 1 is 0.860 bits per heavy atom. The number of amides is 3. The van der Waals surface area contributed by atoms with Gasteiger partial charge in [-0.05, 0) is 16.9 Å². The quantitative estimate of drug-likeness (QED) is 0.157. The largest absolute Gasteiger partial charge is 0.481 e. The van der Waals surface area contributed by atoms with Gasteiger partial charge in [-0.1, -0.05) is 57.2 Å². The zero-order valence-electron chi connectivity index (χ0n) is 23.1. The zero-order valence-corrected chi connectivity index (χ0v) is 23.1. The molecular weight excluding hydrogens is 578 g/mol. The summed E-state index contributed by atoms with van der Waals surface area (Å²) in [7, 11) is 0. The van der Waals surface area contributed by atoms with Crippen molar-refractivity contribution >= 4 is 45.9 Å². The number of benzene rings is 3. The number of Topliss-reactive ketones (excluding diaryl/α,β-unsaturated/α-hetero) is 1. The summed E-state index contributed by atoms with van der Waals surface area (Å²) in [6.07, 6.45) is -1.03. The van der Waals surface area contributed by atoms with Crippen molar-refractivity contribution in [3.8, 4) is 5.75 Å². The van der Waals surface area contributed by atoms with E-state index in [4.69, 9.17) is 0 Å². The first-order valence-electron chi connectivity index (χ1n) is 12.7. The molecule has 0 fully saturated rings. The third-order valence-electron chi connectivity index (χ3n) is 6.16. The topological polar surface area (TPSA) is 151 Å². The summed E-state index contributed by atoms with van der Waals surface area (Å²) in [5.74, 6) is -15.2. The van der Waals surface area contributed by atoms with Crippen LogP contribution in [0.4, 0.5) is 23.2 Å². The maximum atomic E-state index is 13.9. The van der Waals surface area contributed by atoms with E-state index in [1.165, 1.54) is 20.8 Å². The number of halogens is 4. The third-order valence-corrected chi connectivity index (χ3v) is 6.16. The van der Waals surface area contributed by atoms with Gasteiger partial charge in [-0.15, -0.1) is 0 Å². The molecular formula is C29H27F4N3O7. The van der Waals surface area contributed by atoms with Gasteiger partial charge in [-0.3, -0.25) is 24.0 Å². The Morgan fingerprint density at radius 2 is 1.47 bits per heavy atom. The van der Waals surface area contributed by atoms with E-state index < -0.39 is 89.0 Å². The van der Waals surface area contributed by atoms with Crippen molar-refractivity contribution in [1.29, 1.82) is 0 Å². The predicted molar refractivity (Wildman–Crippen MR) is 145 cm³/mol. The first-order chi connectivity index (χ1) is 20.1. The lowest BCUT2D eigenvalue weighted by Crippen LogP contribution is -2.58. The lowest BCUT2D eigenvalue weighted by atomic mass is 9.85. The summed E-state index contributed by atoms with van der Waals surface area (Å²) < 4.78 is 59.3. The van der Waals surface area contributed by atoms with Crippen LogP contribution in [0.25, 0.3) is 10.8 Å². The molecule has 0 bridgehead atoms. The minimum Gasteiger partial charge on any atom is -0.481 e. The van der Waals surface area contributed by atoms with Gasteiger partial charge in [0, 0.05) is 17.1 Å². The Morgan fingerprint density at radius 3 is 2.07 bits per heavy atom. The average Bonchev–Trinajstić information content (AvgIpc) is 2.93. The van der Waals surface area contributed by atoms with Crippen LogP contribution in [0.2, 0.25) is 0 Å². The number of carboxylic acid groups (broad SMARTS) is 1. The van der Waals surface area contributed by atoms with E-state index in [1.54, 1.807) is 42.5 Å². The normalized spacial score (nSPS) is 12.6. The molecule has 3 rings (SSSR count). The summed E-state index contributed by atoms with van der Waals surface area (Å²) in [6.45, 7) is 3.26. The number of carbonyl (C=O) groups excluding carboxylic acids is 4. The van der Waals surface area contributed by atoms with Crippen LogP contribution in [0.3, 0.4) is 0 Å². The monoisotopic (exact) mass is 605 g/mol. The van der Waals surface area contributed by atoms with Crippen LogP contribution in [0, 0.1) is 28.7 Å². The number of hydrogen-bond acceptors (Lipinski definition) is 6. The van der Waals surface area contributed by atoms with Gasteiger partial charge in [0.1, 0.15) is 18.7 Å². The van der Waals surface area contributed by atoms with Gasteiger partial charge in [0.05, 0.1) is 6.42 Å². The SMILES string of the molecule is CC(C)(C)[C@H](NC(=O)C(=O)Nc1cccc2ccccc12)C(=O)N[C@@H](CC(=O)O)C(=O)COc1c(F)c(F)cc(F)c1F. The number of anilines is 1. The maximum Gasteiger partial charge on any atom is 0.313 e. The molecule has 3 amide bonds. The lowest BCUT2D eigenvalue weighted by Gasteiger charge is -2.31. The van der Waals surface area contributed by atoms with Gasteiger partial charge < -0.3 is 25.8 Å². The molecule has 43 heavy (non-hydrogen) atoms. The molecule has 2 atom stereocenters. The van der Waals surface area contributed by atoms with Gasteiger partial charge in [0.2, 0.25) is 17.5 Å². The van der Waals surface area contributed by atoms with Crippen molar-refractivity contribution in [2.45, 2.75) is 39.3 Å². The second-order valence-corrected chi connectivity index (χ2v) is 10.5. The molecule has 4 N–H and O–H groups in total. The highest BCUT2D eigenvalue weighted by atomic mass is 19.2. The van der Waals surface area contributed by atoms with Crippen LogP contribution in [0.1, 0.15) is 27.2 Å². The molecule has 0 saturated carbocycles. The molecule has 0 spiro atoms. The Hall–Kier alpha value is -5.01. The third kappa shape index (κ3) is 8.05. The van der Waals surface area contributed by atoms with E-state index in [2.05, 4.69) is 20.7 Å². The minimum absolute atomic E-state index is 0.0734. The number of aliphatic carboxylic acids is 1. The smallest absolute Gasteiger partial charge is 0.313 e. The number of nitrogens with one attached hydrogen (secondary N) is 3. The van der Waals surface area contributed by atoms with Crippen molar-refractivity contribution in [3.63, 3.8) is 0 Å². The Labute approximate surface area is 242 Å². The molecule has 14 heteroatoms. The van der Waals surface area contributed by atoms with E-state index >= 15 is 0 Å². The highest BCUT2D eigenvalue weighted by Crippen LogP contribution is 2.27. The van der Waals surface area contributed by atoms with Crippen molar-refractivity contribution < 1.29 is 51.4 Å². The fraction of sp³-hybridized carbons (Fsp3) is 0.276. The van der Waals surface area contributed by atoms with Gasteiger partial charge in [0.15, 0.2) is 23.2 Å². The summed E-state index contributed by atoms with van der Waals surface area (Å²) >= 11 is 0. The first-order valence-corrected chi connectivity index (χ1v) is 12.7. The number of fused-ring (bicyclic) bond motifs is 1. The van der Waals surface area contributed by atoms with Gasteiger partial charge in [0.25, 0.3) is 0 Å². The van der Waals surface area contributed by atoms with E-state index in [-0.39, 0.29) is 6.07 Å². The van der Waals surface area contributed by atoms with Crippen molar-refractivity contribution in [2.75, 3.05) is 11.9 Å². The predicted octanol–water partition coefficient (Wildman–Crippen LogP) is 3.47. The van der Waals surface area contributed by atoms with Crippen molar-refractivity contribution in [2.24, 2.45) is 5.41 Å². The maximum absolute atomic E-state index is 13.9. The molecule has 3 aromatic carbocycles. The summed E-state index contributed by atoms with van der Waals surface area (Å²) in [5.41, 5.74) is -0.758. The van der Waals surface area contributed by atoms with Crippen LogP contribution in [0.5, 0.6) is 5.75 Å². The number of rotatable bonds is 10. The molecule has 0 aliphatic carbocycles. The summed E-state index contributed by atoms with van der Waals surface area (Å²) in [6, 6.07) is 8.67. The van der Waals surface area contributed by atoms with Crippen LogP contribution >= 0.6 is 0 Å². The van der Waals surface area contributed by atoms with Gasteiger partial charge >= 0.3 is 17.8 Å². The van der Waals surface area contributed by atoms with Crippen LogP contribution in [-0.2, 0) is 24.0 Å². The molecule has 0 aliphatic rings. The molecule has 0 unspecified atom stereocenters. The van der Waals surface area contributed by atoms with Crippen LogP contribution < -0.4 is 20.7 Å². The Kier molecular flexibility index (Phi) is 10.1. The second kappa shape index (κ2) is 13.3. The van der Waals surface area contributed by atoms with Crippen molar-refractivity contribution in [1.82, 2.24) is 10.6 Å². The Bertz CT molecular complexity index is 1560. The number of hydrogen-bond donors (Lipinski definition) is 4. The van der Waals surface area contributed by atoms with Crippen LogP contribution in [-0.4, -0.2) is 53.3 Å². The van der Waals surface area contributed by atoms with Crippen LogP contribution in [0.15, 0.2) is 48.5 Å². The number of carbonyl (C=O) groups is 5. The zero-order chi connectivity index (χ0) is 32.1. The van der Waals surface area contributed by atoms with E-state index in [0.717, 1.165) is 5.39 Å². The lowest BCUT2D eigenvalue weighted by molar-refractivity contribution is -0.142. The van der Waals surface area contributed by atoms with E-state index in [9.17, 15) is 46.6 Å². The Balaban J connectivity index is 1.75. The number of ether oxygens (including phenoxy) is 1. The molecule has 10 nitrogen and oxygen atoms in total. The average molecular weight is 606 g/mol. The van der Waals surface area contributed by atoms with Crippen molar-refractivity contribution in [3.05, 3.63) is 71.8 Å². The standard InChI is InChI=1S/C29H27F4N3O7/c1-29(2,3)25(36-28(42)27(41)34-18-10-6-8-14-7-4-5-9-15(14)18)26(40)35-19(12-21(38)39)20(37)13-43-24-22(32)16(30)11-17(31)23(24)33/h4-11,19,25H,12-13H2,1-3H3,(H,34,41)(H,35,40)(H,36,42)(H,38,39)/t19-,25+/m0/s1. The summed E-state index contributed by atoms with van der Waals surface area (Å²) in [5, 5.41) is 17.5. The summed E-state index contributed by atoms with van der Waals surface area (Å²) in [4.78, 5) is 62.8. The molecule has 0 radical (unpaired) electrons. The fourth-order valence-electron chi connectivity index (χ4n) is 3.98. The minimum atomic E-state index is -1.93. The molecule has 0 aliphatic heterocycles. The highest BCUT2D eigenvalue weighted by molar-refractivity contribution is 6.40. The molecule has 0 heterocycles. The second-order valence-electron chi connectivity index (χ2n) is 10.5. The molecule has 0 aromatic heterocycles. The molecule has 228 valence electrons. The first kappa shape index (κ1) is 32.5.